The Labute approximate surface area is 348 Å². The number of pyridine rings is 1. The Morgan fingerprint density at radius 1 is 1.07 bits per heavy atom. The first-order valence-corrected chi connectivity index (χ1v) is 21.2. The number of hydroxylamine groups is 1. The maximum atomic E-state index is 14.7. The topological polar surface area (TPSA) is 166 Å². The van der Waals surface area contributed by atoms with E-state index >= 15 is 0 Å². The van der Waals surface area contributed by atoms with Crippen molar-refractivity contribution in [2.45, 2.75) is 141 Å². The van der Waals surface area contributed by atoms with Gasteiger partial charge in [-0.2, -0.15) is 9.75 Å². The van der Waals surface area contributed by atoms with Crippen LogP contribution in [0.4, 0.5) is 4.79 Å². The van der Waals surface area contributed by atoms with E-state index in [9.17, 15) is 24.7 Å². The average Bonchev–Trinajstić information content (AvgIpc) is 3.41. The number of ether oxygens (including phenoxy) is 5. The number of aliphatic hydroxyl groups excluding tert-OH is 1. The Balaban J connectivity index is 1.41. The molecular formula is C44H65N5O10. The maximum Gasteiger partial charge on any atom is 0.425 e. The zero-order chi connectivity index (χ0) is 43.1. The monoisotopic (exact) mass is 823 g/mol. The van der Waals surface area contributed by atoms with Crippen molar-refractivity contribution in [1.29, 1.82) is 0 Å². The summed E-state index contributed by atoms with van der Waals surface area (Å²) in [7, 11) is 5.29. The summed E-state index contributed by atoms with van der Waals surface area (Å²) in [6.07, 6.45) is -0.902. The smallest absolute Gasteiger partial charge is 0.425 e. The SMILES string of the molecule is CC[C@H]1OC(=O)[C@H](C)C(=O)[C@H](C)[C@@H](O[C@@H]2O[C@H](C)C[C@H](N(C)C)[C@H]2O)[C@@](C)(OC)C[C@@H](C)C2=[N+]([O-])CN(CCCc3ccnc4ccccc34)N3C(=O)O[C@@]1(C)[C@H]3[C@H]2C. The van der Waals surface area contributed by atoms with Crippen LogP contribution in [0.1, 0.15) is 86.6 Å². The van der Waals surface area contributed by atoms with E-state index in [1.165, 1.54) is 14.0 Å². The van der Waals surface area contributed by atoms with Gasteiger partial charge in [0.25, 0.3) is 0 Å². The highest BCUT2D eigenvalue weighted by atomic mass is 16.7. The van der Waals surface area contributed by atoms with Crippen molar-refractivity contribution < 1.29 is 47.9 Å². The number of esters is 1. The largest absolute Gasteiger partial charge is 0.623 e. The molecule has 59 heavy (non-hydrogen) atoms. The number of benzene rings is 1. The number of fused-ring (bicyclic) bond motifs is 2. The van der Waals surface area contributed by atoms with Crippen molar-refractivity contribution in [3.8, 4) is 0 Å². The summed E-state index contributed by atoms with van der Waals surface area (Å²) < 4.78 is 32.7. The molecule has 5 heterocycles. The van der Waals surface area contributed by atoms with Crippen LogP contribution in [0, 0.1) is 28.9 Å². The zero-order valence-electron chi connectivity index (χ0n) is 36.6. The van der Waals surface area contributed by atoms with Crippen molar-refractivity contribution in [2.75, 3.05) is 34.4 Å². The van der Waals surface area contributed by atoms with Crippen LogP contribution in [0.5, 0.6) is 0 Å². The van der Waals surface area contributed by atoms with Gasteiger partial charge in [-0.25, -0.2) is 9.80 Å². The lowest BCUT2D eigenvalue weighted by Gasteiger charge is -2.47. The molecule has 0 saturated carbocycles. The molecule has 15 nitrogen and oxygen atoms in total. The highest BCUT2D eigenvalue weighted by Gasteiger charge is 2.63. The van der Waals surface area contributed by atoms with E-state index in [1.807, 2.05) is 83.9 Å². The third-order valence-electron chi connectivity index (χ3n) is 13.6. The minimum atomic E-state index is -1.39. The van der Waals surface area contributed by atoms with E-state index in [1.54, 1.807) is 30.1 Å². The molecule has 3 saturated heterocycles. The molecule has 4 aliphatic heterocycles. The molecule has 0 aliphatic carbocycles. The van der Waals surface area contributed by atoms with Crippen LogP contribution in [0.25, 0.3) is 10.9 Å². The number of Topliss-reactive ketones (excluding diaryl/α,β-unsaturated/α-hetero) is 1. The van der Waals surface area contributed by atoms with E-state index < -0.39 is 83.4 Å². The lowest BCUT2D eigenvalue weighted by atomic mass is 9.73. The van der Waals surface area contributed by atoms with Crippen molar-refractivity contribution in [3.63, 3.8) is 0 Å². The summed E-state index contributed by atoms with van der Waals surface area (Å²) in [4.78, 5) is 49.1. The average molecular weight is 824 g/mol. The standard InChI is InChI=1S/C44H65N5O10/c1-12-34-44(8)38-27(4)35(48(54)24-47(49(38)42(53)59-44)21-15-16-30-19-20-45-32-18-14-13-17-31(30)32)25(2)23-43(7,55-11)39(28(5)36(50)29(6)40(52)57-34)58-41-37(51)33(46(9)10)22-26(3)56-41/h13-14,17-20,25-29,33-34,37-39,41,51H,12,15-16,21-24H2,1-11H3/t25-,26-,27+,28+,29-,33+,34-,37-,38-,39-,41+,43+,44-/m1/s1. The zero-order valence-corrected chi connectivity index (χ0v) is 36.6. The second kappa shape index (κ2) is 17.7. The van der Waals surface area contributed by atoms with E-state index in [2.05, 4.69) is 4.98 Å². The number of para-hydroxylation sites is 1. The molecule has 4 aliphatic rings. The van der Waals surface area contributed by atoms with Crippen LogP contribution >= 0.6 is 0 Å². The fraction of sp³-hybridized carbons (Fsp3) is 0.705. The lowest BCUT2D eigenvalue weighted by Crippen LogP contribution is -2.61. The van der Waals surface area contributed by atoms with Crippen molar-refractivity contribution in [2.24, 2.45) is 23.7 Å². The van der Waals surface area contributed by atoms with Gasteiger partial charge in [0, 0.05) is 43.1 Å². The van der Waals surface area contributed by atoms with E-state index in [4.69, 9.17) is 23.7 Å². The minimum absolute atomic E-state index is 0.152. The highest BCUT2D eigenvalue weighted by Crippen LogP contribution is 2.45. The number of carbonyl (C=O) groups is 3. The Hall–Kier alpha value is -3.73. The molecule has 3 fully saturated rings. The quantitative estimate of drug-likeness (QED) is 0.157. The number of methoxy groups -OCH3 is 1. The molecule has 2 aromatic rings. The molecule has 2 bridgehead atoms. The maximum absolute atomic E-state index is 14.7. The lowest BCUT2D eigenvalue weighted by molar-refractivity contribution is -0.494. The number of carbonyl (C=O) groups excluding carboxylic acids is 3. The Bertz CT molecular complexity index is 1890. The third-order valence-corrected chi connectivity index (χ3v) is 13.6. The van der Waals surface area contributed by atoms with Gasteiger partial charge in [-0.15, -0.1) is 0 Å². The molecule has 15 heteroatoms. The summed E-state index contributed by atoms with van der Waals surface area (Å²) >= 11 is 0. The van der Waals surface area contributed by atoms with Gasteiger partial charge in [0.1, 0.15) is 24.2 Å². The first kappa shape index (κ1) is 44.8. The third kappa shape index (κ3) is 8.48. The summed E-state index contributed by atoms with van der Waals surface area (Å²) in [6.45, 7) is 14.6. The molecule has 1 aromatic heterocycles. The number of hydrazine groups is 1. The fourth-order valence-electron chi connectivity index (χ4n) is 10.4. The van der Waals surface area contributed by atoms with Crippen LogP contribution in [0.2, 0.25) is 0 Å². The fourth-order valence-corrected chi connectivity index (χ4v) is 10.4. The number of amides is 1. The first-order chi connectivity index (χ1) is 27.9. The Morgan fingerprint density at radius 3 is 2.46 bits per heavy atom. The number of hydrogen-bond acceptors (Lipinski definition) is 13. The summed E-state index contributed by atoms with van der Waals surface area (Å²) in [6, 6.07) is 8.91. The van der Waals surface area contributed by atoms with Gasteiger partial charge >= 0.3 is 12.1 Å². The Morgan fingerprint density at radius 2 is 1.78 bits per heavy atom. The van der Waals surface area contributed by atoms with Gasteiger partial charge in [0.05, 0.1) is 29.2 Å². The van der Waals surface area contributed by atoms with Gasteiger partial charge in [0.15, 0.2) is 23.4 Å². The van der Waals surface area contributed by atoms with E-state index in [-0.39, 0.29) is 31.7 Å². The van der Waals surface area contributed by atoms with Gasteiger partial charge in [0.2, 0.25) is 6.67 Å². The number of rotatable bonds is 9. The van der Waals surface area contributed by atoms with Gasteiger partial charge in [-0.1, -0.05) is 45.9 Å². The van der Waals surface area contributed by atoms with Crippen LogP contribution in [-0.4, -0.2) is 142 Å². The number of likely N-dealkylation sites (N-methyl/N-ethyl adjacent to an activating group) is 1. The molecule has 1 N–H and O–H groups in total. The number of aromatic nitrogens is 1. The van der Waals surface area contributed by atoms with Gasteiger partial charge < -0.3 is 38.9 Å². The van der Waals surface area contributed by atoms with Crippen molar-refractivity contribution in [1.82, 2.24) is 19.9 Å². The highest BCUT2D eigenvalue weighted by molar-refractivity contribution is 6.00. The number of aliphatic hydroxyl groups is 1. The minimum Gasteiger partial charge on any atom is -0.623 e. The summed E-state index contributed by atoms with van der Waals surface area (Å²) in [5.74, 6) is -4.43. The van der Waals surface area contributed by atoms with Crippen LogP contribution in [0.3, 0.4) is 0 Å². The number of aryl methyl sites for hydroxylation is 1. The van der Waals surface area contributed by atoms with E-state index in [0.717, 1.165) is 21.2 Å². The molecule has 1 aromatic carbocycles. The molecule has 6 rings (SSSR count). The molecule has 0 spiro atoms. The van der Waals surface area contributed by atoms with Gasteiger partial charge in [-0.3, -0.25) is 14.6 Å². The Kier molecular flexibility index (Phi) is 13.4. The van der Waals surface area contributed by atoms with Crippen molar-refractivity contribution >= 4 is 34.5 Å². The van der Waals surface area contributed by atoms with E-state index in [0.29, 0.717) is 31.5 Å². The molecular weight excluding hydrogens is 759 g/mol. The second-order valence-corrected chi connectivity index (χ2v) is 17.9. The number of cyclic esters (lactones) is 1. The second-order valence-electron chi connectivity index (χ2n) is 17.9. The predicted molar refractivity (Wildman–Crippen MR) is 220 cm³/mol. The molecule has 1 amide bonds. The molecule has 326 valence electrons. The number of nitrogens with zero attached hydrogens (tertiary/aromatic N) is 5. The molecule has 0 radical (unpaired) electrons. The number of hydrogen-bond donors (Lipinski definition) is 1. The normalized spacial score (nSPS) is 37.7. The number of ketones is 1. The molecule has 0 unspecified atom stereocenters. The van der Waals surface area contributed by atoms with Crippen molar-refractivity contribution in [3.05, 3.63) is 47.3 Å². The predicted octanol–water partition coefficient (Wildman–Crippen LogP) is 4.94. The summed E-state index contributed by atoms with van der Waals surface area (Å²) in [5.41, 5.74) is -0.122. The van der Waals surface area contributed by atoms with Crippen LogP contribution in [0.15, 0.2) is 36.5 Å². The molecule has 13 atom stereocenters. The first-order valence-electron chi connectivity index (χ1n) is 21.2. The van der Waals surface area contributed by atoms with Gasteiger partial charge in [-0.05, 0) is 91.6 Å². The van der Waals surface area contributed by atoms with Crippen LogP contribution < -0.4 is 0 Å². The van der Waals surface area contributed by atoms with Crippen LogP contribution in [-0.2, 0) is 39.7 Å². The summed E-state index contributed by atoms with van der Waals surface area (Å²) in [5, 5.41) is 30.6.